The second-order valence-electron chi connectivity index (χ2n) is 7.22. The molecule has 1 amide bonds. The number of aromatic amines is 1. The summed E-state index contributed by atoms with van der Waals surface area (Å²) >= 11 is 2.86. The number of carbonyl (C=O) groups is 1. The number of nitrogens with zero attached hydrogens (tertiary/aromatic N) is 4. The van der Waals surface area contributed by atoms with E-state index in [1.807, 2.05) is 67.0 Å². The second-order valence-corrected chi connectivity index (χ2v) is 8.99. The molecule has 3 aromatic heterocycles. The van der Waals surface area contributed by atoms with E-state index >= 15 is 0 Å². The Morgan fingerprint density at radius 3 is 2.91 bits per heavy atom. The molecule has 3 heterocycles. The summed E-state index contributed by atoms with van der Waals surface area (Å²) in [7, 11) is 0. The minimum Gasteiger partial charge on any atom is -0.411 e. The van der Waals surface area contributed by atoms with Gasteiger partial charge in [0.05, 0.1) is 16.9 Å². The van der Waals surface area contributed by atoms with Crippen molar-refractivity contribution in [1.29, 1.82) is 0 Å². The number of anilines is 2. The van der Waals surface area contributed by atoms with Crippen molar-refractivity contribution < 1.29 is 9.21 Å². The first-order valence-electron chi connectivity index (χ1n) is 9.93. The lowest BCUT2D eigenvalue weighted by molar-refractivity contribution is -0.115. The highest BCUT2D eigenvalue weighted by Crippen LogP contribution is 2.33. The molecule has 0 unspecified atom stereocenters. The van der Waals surface area contributed by atoms with Gasteiger partial charge in [0, 0.05) is 35.2 Å². The minimum atomic E-state index is -0.0792. The molecular formula is C23H19N5O2S2. The fourth-order valence-electron chi connectivity index (χ4n) is 3.42. The Morgan fingerprint density at radius 1 is 1.19 bits per heavy atom. The Kier molecular flexibility index (Phi) is 5.50. The van der Waals surface area contributed by atoms with Crippen LogP contribution in [0.2, 0.25) is 0 Å². The number of H-pyrrole nitrogens is 1. The summed E-state index contributed by atoms with van der Waals surface area (Å²) in [5, 5.41) is 12.5. The van der Waals surface area contributed by atoms with E-state index < -0.39 is 0 Å². The van der Waals surface area contributed by atoms with Gasteiger partial charge in [-0.2, -0.15) is 0 Å². The number of aromatic nitrogens is 4. The summed E-state index contributed by atoms with van der Waals surface area (Å²) < 4.78 is 5.86. The van der Waals surface area contributed by atoms with Crippen molar-refractivity contribution in [1.82, 2.24) is 20.2 Å². The minimum absolute atomic E-state index is 0.0792. The van der Waals surface area contributed by atoms with Crippen molar-refractivity contribution >= 4 is 50.7 Å². The molecule has 0 fully saturated rings. The molecule has 1 N–H and O–H groups in total. The van der Waals surface area contributed by atoms with Gasteiger partial charge < -0.3 is 9.40 Å². The first kappa shape index (κ1) is 20.5. The number of hydrogen-bond donors (Lipinski definition) is 1. The number of thiazole rings is 1. The lowest BCUT2D eigenvalue weighted by atomic mass is 10.2. The molecule has 0 saturated carbocycles. The zero-order valence-corrected chi connectivity index (χ0v) is 19.0. The Balaban J connectivity index is 1.31. The fraction of sp³-hybridized carbons (Fsp3) is 0.130. The number of benzene rings is 2. The number of para-hydroxylation sites is 1. The predicted octanol–water partition coefficient (Wildman–Crippen LogP) is 5.96. The number of nitrogens with one attached hydrogen (secondary N) is 1. The number of carbonyl (C=O) groups excluding carboxylic acids is 1. The van der Waals surface area contributed by atoms with Crippen molar-refractivity contribution in [2.75, 3.05) is 4.90 Å². The fourth-order valence-corrected chi connectivity index (χ4v) is 5.07. The first-order chi connectivity index (χ1) is 15.6. The summed E-state index contributed by atoms with van der Waals surface area (Å²) in [6, 6.07) is 15.8. The van der Waals surface area contributed by atoms with Gasteiger partial charge in [-0.15, -0.1) is 21.5 Å². The molecule has 0 radical (unpaired) electrons. The molecule has 0 spiro atoms. The average molecular weight is 462 g/mol. The second kappa shape index (κ2) is 8.60. The Hall–Kier alpha value is -3.43. The van der Waals surface area contributed by atoms with E-state index in [-0.39, 0.29) is 5.91 Å². The molecule has 7 nitrogen and oxygen atoms in total. The molecule has 0 atom stereocenters. The van der Waals surface area contributed by atoms with E-state index in [0.717, 1.165) is 33.4 Å². The van der Waals surface area contributed by atoms with Gasteiger partial charge in [-0.1, -0.05) is 42.1 Å². The van der Waals surface area contributed by atoms with E-state index in [1.54, 1.807) is 11.8 Å². The molecule has 0 saturated heterocycles. The van der Waals surface area contributed by atoms with Crippen LogP contribution in [0.15, 0.2) is 69.7 Å². The van der Waals surface area contributed by atoms with Crippen molar-refractivity contribution in [3.8, 4) is 11.5 Å². The molecule has 32 heavy (non-hydrogen) atoms. The summed E-state index contributed by atoms with van der Waals surface area (Å²) in [6.07, 6.45) is 1.88. The molecule has 5 aromatic rings. The zero-order valence-electron chi connectivity index (χ0n) is 17.4. The van der Waals surface area contributed by atoms with Crippen molar-refractivity contribution in [2.45, 2.75) is 24.8 Å². The van der Waals surface area contributed by atoms with Gasteiger partial charge in [-0.05, 0) is 30.7 Å². The van der Waals surface area contributed by atoms with E-state index in [4.69, 9.17) is 4.42 Å². The van der Waals surface area contributed by atoms with Crippen LogP contribution in [0.3, 0.4) is 0 Å². The number of aryl methyl sites for hydroxylation is 1. The quantitative estimate of drug-likeness (QED) is 0.314. The van der Waals surface area contributed by atoms with Crippen molar-refractivity contribution in [3.05, 3.63) is 71.4 Å². The molecule has 0 aliphatic rings. The van der Waals surface area contributed by atoms with Crippen LogP contribution in [0.1, 0.15) is 18.2 Å². The molecular weight excluding hydrogens is 442 g/mol. The number of thioether (sulfide) groups is 1. The van der Waals surface area contributed by atoms with Crippen LogP contribution in [0.25, 0.3) is 22.4 Å². The smallest absolute Gasteiger partial charge is 0.277 e. The van der Waals surface area contributed by atoms with Crippen LogP contribution in [-0.2, 0) is 10.5 Å². The lowest BCUT2D eigenvalue weighted by Gasteiger charge is -2.18. The van der Waals surface area contributed by atoms with Crippen molar-refractivity contribution in [2.24, 2.45) is 0 Å². The summed E-state index contributed by atoms with van der Waals surface area (Å²) in [5.74, 6) is 0.960. The highest BCUT2D eigenvalue weighted by molar-refractivity contribution is 7.98. The summed E-state index contributed by atoms with van der Waals surface area (Å²) in [4.78, 5) is 21.8. The van der Waals surface area contributed by atoms with Gasteiger partial charge in [0.15, 0.2) is 5.13 Å². The third-order valence-corrected chi connectivity index (χ3v) is 6.60. The average Bonchev–Trinajstić information content (AvgIpc) is 3.52. The van der Waals surface area contributed by atoms with Gasteiger partial charge in [0.25, 0.3) is 11.1 Å². The molecule has 9 heteroatoms. The summed E-state index contributed by atoms with van der Waals surface area (Å²) in [6.45, 7) is 3.55. The van der Waals surface area contributed by atoms with E-state index in [0.29, 0.717) is 22.0 Å². The lowest BCUT2D eigenvalue weighted by Crippen LogP contribution is -2.22. The largest absolute Gasteiger partial charge is 0.411 e. The highest BCUT2D eigenvalue weighted by atomic mass is 32.2. The monoisotopic (exact) mass is 461 g/mol. The number of amides is 1. The number of fused-ring (bicyclic) bond motifs is 1. The Bertz CT molecular complexity index is 1400. The first-order valence-corrected chi connectivity index (χ1v) is 11.8. The van der Waals surface area contributed by atoms with Crippen LogP contribution < -0.4 is 4.90 Å². The molecule has 2 aromatic carbocycles. The predicted molar refractivity (Wildman–Crippen MR) is 127 cm³/mol. The van der Waals surface area contributed by atoms with Gasteiger partial charge >= 0.3 is 0 Å². The van der Waals surface area contributed by atoms with E-state index in [1.165, 1.54) is 23.1 Å². The van der Waals surface area contributed by atoms with Crippen molar-refractivity contribution in [3.63, 3.8) is 0 Å². The SMILES string of the molecule is CC(=O)N(c1cccc(C)c1)c1nc(CSc2nnc(-c3c[nH]c4ccccc34)o2)cs1. The molecule has 0 aliphatic carbocycles. The van der Waals surface area contributed by atoms with Gasteiger partial charge in [-0.25, -0.2) is 4.98 Å². The Morgan fingerprint density at radius 2 is 2.06 bits per heavy atom. The van der Waals surface area contributed by atoms with Gasteiger partial charge in [0.1, 0.15) is 0 Å². The van der Waals surface area contributed by atoms with Crippen LogP contribution in [0.5, 0.6) is 0 Å². The maximum Gasteiger partial charge on any atom is 0.277 e. The number of hydrogen-bond acceptors (Lipinski definition) is 7. The standard InChI is InChI=1S/C23H19N5O2S2/c1-14-6-5-7-17(10-14)28(15(2)29)22-25-16(12-31-22)13-32-23-27-26-21(30-23)19-11-24-20-9-4-3-8-18(19)20/h3-12,24H,13H2,1-2H3. The van der Waals surface area contributed by atoms with Gasteiger partial charge in [0.2, 0.25) is 5.91 Å². The molecule has 0 aliphatic heterocycles. The third-order valence-electron chi connectivity index (χ3n) is 4.88. The van der Waals surface area contributed by atoms with Crippen LogP contribution in [0.4, 0.5) is 10.8 Å². The van der Waals surface area contributed by atoms with Crippen LogP contribution in [-0.4, -0.2) is 26.1 Å². The number of rotatable bonds is 6. The molecule has 0 bridgehead atoms. The summed E-state index contributed by atoms with van der Waals surface area (Å²) in [5.41, 5.74) is 4.65. The maximum atomic E-state index is 12.3. The maximum absolute atomic E-state index is 12.3. The normalized spacial score (nSPS) is 11.2. The van der Waals surface area contributed by atoms with E-state index in [9.17, 15) is 4.79 Å². The molecule has 5 rings (SSSR count). The topological polar surface area (TPSA) is 87.9 Å². The zero-order chi connectivity index (χ0) is 22.1. The van der Waals surface area contributed by atoms with Gasteiger partial charge in [-0.3, -0.25) is 9.69 Å². The van der Waals surface area contributed by atoms with Crippen LogP contribution in [0, 0.1) is 6.92 Å². The molecule has 160 valence electrons. The third kappa shape index (κ3) is 4.04. The Labute approximate surface area is 192 Å². The van der Waals surface area contributed by atoms with Crippen LogP contribution >= 0.6 is 23.1 Å². The van der Waals surface area contributed by atoms with E-state index in [2.05, 4.69) is 20.2 Å². The highest BCUT2D eigenvalue weighted by Gasteiger charge is 2.19.